The summed E-state index contributed by atoms with van der Waals surface area (Å²) >= 11 is 9.74. The van der Waals surface area contributed by atoms with Gasteiger partial charge in [0, 0.05) is 41.3 Å². The SMILES string of the molecule is CN(C)c1ccc(/C=C2/C=C(Cc3ccc(Br)cc3)C(=O)O2)c(Cl)c1. The summed E-state index contributed by atoms with van der Waals surface area (Å²) in [5.74, 6) is 0.201. The number of esters is 1. The van der Waals surface area contributed by atoms with Crippen LogP contribution in [0.4, 0.5) is 5.69 Å². The molecule has 0 spiro atoms. The second-order valence-corrected chi connectivity index (χ2v) is 7.33. The van der Waals surface area contributed by atoms with E-state index in [4.69, 9.17) is 16.3 Å². The third-order valence-electron chi connectivity index (χ3n) is 3.90. The van der Waals surface area contributed by atoms with Crippen LogP contribution in [0.2, 0.25) is 5.02 Å². The van der Waals surface area contributed by atoms with Crippen LogP contribution in [0.5, 0.6) is 0 Å². The Hall–Kier alpha value is -2.04. The molecule has 0 aromatic heterocycles. The smallest absolute Gasteiger partial charge is 0.339 e. The van der Waals surface area contributed by atoms with Crippen LogP contribution < -0.4 is 4.90 Å². The molecule has 0 unspecified atom stereocenters. The Labute approximate surface area is 160 Å². The van der Waals surface area contributed by atoms with Crippen molar-refractivity contribution in [1.82, 2.24) is 0 Å². The zero-order chi connectivity index (χ0) is 18.0. The summed E-state index contributed by atoms with van der Waals surface area (Å²) in [6, 6.07) is 13.7. The van der Waals surface area contributed by atoms with Gasteiger partial charge in [0.2, 0.25) is 0 Å². The van der Waals surface area contributed by atoms with Crippen LogP contribution in [0.1, 0.15) is 11.1 Å². The second kappa shape index (κ2) is 7.46. The minimum atomic E-state index is -0.310. The van der Waals surface area contributed by atoms with E-state index in [-0.39, 0.29) is 5.97 Å². The summed E-state index contributed by atoms with van der Waals surface area (Å²) in [6.07, 6.45) is 4.10. The molecule has 2 aromatic carbocycles. The van der Waals surface area contributed by atoms with Crippen LogP contribution in [0.3, 0.4) is 0 Å². The van der Waals surface area contributed by atoms with Gasteiger partial charge in [0.15, 0.2) is 0 Å². The summed E-state index contributed by atoms with van der Waals surface area (Å²) in [5.41, 5.74) is 3.52. The van der Waals surface area contributed by atoms with E-state index < -0.39 is 0 Å². The molecule has 1 aliphatic rings. The highest BCUT2D eigenvalue weighted by Gasteiger charge is 2.21. The van der Waals surface area contributed by atoms with Gasteiger partial charge < -0.3 is 9.64 Å². The third-order valence-corrected chi connectivity index (χ3v) is 4.75. The van der Waals surface area contributed by atoms with E-state index in [2.05, 4.69) is 15.9 Å². The second-order valence-electron chi connectivity index (χ2n) is 6.01. The molecule has 0 bridgehead atoms. The fourth-order valence-electron chi connectivity index (χ4n) is 2.51. The first-order valence-electron chi connectivity index (χ1n) is 7.78. The number of carbonyl (C=O) groups is 1. The summed E-state index contributed by atoms with van der Waals surface area (Å²) in [6.45, 7) is 0. The zero-order valence-corrected chi connectivity index (χ0v) is 16.3. The summed E-state index contributed by atoms with van der Waals surface area (Å²) in [7, 11) is 3.92. The highest BCUT2D eigenvalue weighted by Crippen LogP contribution is 2.28. The van der Waals surface area contributed by atoms with E-state index in [0.29, 0.717) is 22.8 Å². The normalized spacial score (nSPS) is 15.3. The number of hydrogen-bond acceptors (Lipinski definition) is 3. The maximum atomic E-state index is 12.1. The van der Waals surface area contributed by atoms with Crippen molar-refractivity contribution in [3.05, 3.63) is 80.5 Å². The number of halogens is 2. The number of allylic oxidation sites excluding steroid dienone is 1. The van der Waals surface area contributed by atoms with Crippen LogP contribution in [-0.4, -0.2) is 20.1 Å². The molecule has 0 N–H and O–H groups in total. The van der Waals surface area contributed by atoms with Gasteiger partial charge in [-0.2, -0.15) is 0 Å². The topological polar surface area (TPSA) is 29.5 Å². The number of nitrogens with zero attached hydrogens (tertiary/aromatic N) is 1. The number of carbonyl (C=O) groups excluding carboxylic acids is 1. The van der Waals surface area contributed by atoms with Crippen LogP contribution in [0.15, 0.2) is 64.3 Å². The zero-order valence-electron chi connectivity index (χ0n) is 13.9. The standard InChI is InChI=1S/C20H17BrClNO2/c1-23(2)17-8-5-14(19(22)12-17)10-18-11-15(20(24)25-18)9-13-3-6-16(21)7-4-13/h3-8,10-12H,9H2,1-2H3/b18-10-. The Balaban J connectivity index is 1.81. The lowest BCUT2D eigenvalue weighted by Crippen LogP contribution is -2.08. The van der Waals surface area contributed by atoms with Crippen molar-refractivity contribution in [1.29, 1.82) is 0 Å². The van der Waals surface area contributed by atoms with Gasteiger partial charge in [-0.05, 0) is 47.5 Å². The quantitative estimate of drug-likeness (QED) is 0.636. The lowest BCUT2D eigenvalue weighted by atomic mass is 10.1. The van der Waals surface area contributed by atoms with E-state index in [1.807, 2.05) is 61.5 Å². The lowest BCUT2D eigenvalue weighted by Gasteiger charge is -2.13. The number of ether oxygens (including phenoxy) is 1. The van der Waals surface area contributed by atoms with Crippen molar-refractivity contribution < 1.29 is 9.53 Å². The molecule has 0 atom stereocenters. The average molecular weight is 419 g/mol. The van der Waals surface area contributed by atoms with Crippen molar-refractivity contribution in [3.8, 4) is 0 Å². The first-order chi connectivity index (χ1) is 11.9. The van der Waals surface area contributed by atoms with E-state index in [9.17, 15) is 4.79 Å². The van der Waals surface area contributed by atoms with Gasteiger partial charge in [0.05, 0.1) is 0 Å². The number of benzene rings is 2. The molecule has 1 aliphatic heterocycles. The Morgan fingerprint density at radius 1 is 1.16 bits per heavy atom. The van der Waals surface area contributed by atoms with Crippen molar-refractivity contribution in [2.75, 3.05) is 19.0 Å². The number of hydrogen-bond donors (Lipinski definition) is 0. The monoisotopic (exact) mass is 417 g/mol. The summed E-state index contributed by atoms with van der Waals surface area (Å²) in [4.78, 5) is 14.1. The molecule has 0 saturated heterocycles. The molecule has 1 heterocycles. The Kier molecular flexibility index (Phi) is 5.30. The number of cyclic esters (lactones) is 1. The molecule has 5 heteroatoms. The van der Waals surface area contributed by atoms with E-state index >= 15 is 0 Å². The van der Waals surface area contributed by atoms with Gasteiger partial charge in [-0.15, -0.1) is 0 Å². The minimum absolute atomic E-state index is 0.310. The van der Waals surface area contributed by atoms with E-state index in [0.717, 1.165) is 21.3 Å². The van der Waals surface area contributed by atoms with E-state index in [1.54, 1.807) is 12.2 Å². The summed E-state index contributed by atoms with van der Waals surface area (Å²) < 4.78 is 6.37. The molecule has 128 valence electrons. The molecular weight excluding hydrogens is 402 g/mol. The minimum Gasteiger partial charge on any atom is -0.423 e. The van der Waals surface area contributed by atoms with Crippen LogP contribution in [0.25, 0.3) is 6.08 Å². The number of anilines is 1. The highest BCUT2D eigenvalue weighted by atomic mass is 79.9. The molecule has 0 amide bonds. The fourth-order valence-corrected chi connectivity index (χ4v) is 3.01. The van der Waals surface area contributed by atoms with Crippen molar-refractivity contribution >= 4 is 45.3 Å². The molecule has 0 radical (unpaired) electrons. The molecule has 3 rings (SSSR count). The molecular formula is C20H17BrClNO2. The average Bonchev–Trinajstić information content (AvgIpc) is 2.91. The first-order valence-corrected chi connectivity index (χ1v) is 8.95. The van der Waals surface area contributed by atoms with Crippen LogP contribution in [-0.2, 0) is 16.0 Å². The fraction of sp³-hybridized carbons (Fsp3) is 0.150. The maximum Gasteiger partial charge on any atom is 0.339 e. The van der Waals surface area contributed by atoms with Gasteiger partial charge in [-0.3, -0.25) is 0 Å². The predicted octanol–water partition coefficient (Wildman–Crippen LogP) is 5.24. The highest BCUT2D eigenvalue weighted by molar-refractivity contribution is 9.10. The van der Waals surface area contributed by atoms with Crippen LogP contribution >= 0.6 is 27.5 Å². The van der Waals surface area contributed by atoms with Gasteiger partial charge in [0.25, 0.3) is 0 Å². The van der Waals surface area contributed by atoms with Crippen molar-refractivity contribution in [2.24, 2.45) is 0 Å². The third kappa shape index (κ3) is 4.33. The molecule has 0 saturated carbocycles. The molecule has 3 nitrogen and oxygen atoms in total. The molecule has 0 aliphatic carbocycles. The molecule has 2 aromatic rings. The largest absolute Gasteiger partial charge is 0.423 e. The summed E-state index contributed by atoms with van der Waals surface area (Å²) in [5, 5.41) is 0.615. The van der Waals surface area contributed by atoms with Crippen molar-refractivity contribution in [2.45, 2.75) is 6.42 Å². The Morgan fingerprint density at radius 2 is 1.88 bits per heavy atom. The van der Waals surface area contributed by atoms with Gasteiger partial charge >= 0.3 is 5.97 Å². The Morgan fingerprint density at radius 3 is 2.52 bits per heavy atom. The van der Waals surface area contributed by atoms with Gasteiger partial charge in [-0.1, -0.05) is 45.7 Å². The van der Waals surface area contributed by atoms with Gasteiger partial charge in [0.1, 0.15) is 5.76 Å². The predicted molar refractivity (Wildman–Crippen MR) is 106 cm³/mol. The Bertz CT molecular complexity index is 870. The molecule has 0 fully saturated rings. The first kappa shape index (κ1) is 17.8. The van der Waals surface area contributed by atoms with Crippen molar-refractivity contribution in [3.63, 3.8) is 0 Å². The van der Waals surface area contributed by atoms with Crippen LogP contribution in [0, 0.1) is 0 Å². The lowest BCUT2D eigenvalue weighted by molar-refractivity contribution is -0.133. The maximum absolute atomic E-state index is 12.1. The number of rotatable bonds is 4. The van der Waals surface area contributed by atoms with Gasteiger partial charge in [-0.25, -0.2) is 4.79 Å². The molecule has 25 heavy (non-hydrogen) atoms. The van der Waals surface area contributed by atoms with E-state index in [1.165, 1.54) is 0 Å².